The summed E-state index contributed by atoms with van der Waals surface area (Å²) in [6.45, 7) is 3.02. The van der Waals surface area contributed by atoms with Crippen LogP contribution in [0.1, 0.15) is 57.2 Å². The number of rotatable bonds is 11. The molecule has 4 N–H and O–H groups in total. The molecule has 0 aliphatic carbocycles. The van der Waals surface area contributed by atoms with E-state index >= 15 is 0 Å². The monoisotopic (exact) mass is 673 g/mol. The third-order valence-electron chi connectivity index (χ3n) is 9.24. The molecule has 0 spiro atoms. The quantitative estimate of drug-likeness (QED) is 0.0661. The number of amides is 2. The number of hydrogen-bond donors (Lipinski definition) is 3. The molecule has 2 heterocycles. The number of imide groups is 1. The Kier molecular flexibility index (Phi) is 9.51. The van der Waals surface area contributed by atoms with Gasteiger partial charge in [-0.3, -0.25) is 29.3 Å². The maximum absolute atomic E-state index is 14.3. The molecule has 4 aromatic rings. The van der Waals surface area contributed by atoms with Crippen molar-refractivity contribution in [1.29, 1.82) is 0 Å². The molecule has 4 aromatic carbocycles. The summed E-state index contributed by atoms with van der Waals surface area (Å²) in [7, 11) is 0. The number of Topliss-reactive ketones (excluding diaryl/α,β-unsaturated/α-hetero) is 2. The molecule has 1 saturated heterocycles. The summed E-state index contributed by atoms with van der Waals surface area (Å²) in [5.41, 5.74) is 11.8. The topological polar surface area (TPSA) is 176 Å². The first-order chi connectivity index (χ1) is 24.0. The molecule has 50 heavy (non-hydrogen) atoms. The van der Waals surface area contributed by atoms with Gasteiger partial charge in [-0.05, 0) is 54.8 Å². The number of anilines is 2. The van der Waals surface area contributed by atoms with Crippen LogP contribution >= 0.6 is 0 Å². The number of hydrogen-bond acceptors (Lipinski definition) is 10. The van der Waals surface area contributed by atoms with E-state index in [9.17, 15) is 34.4 Å². The molecule has 5 atom stereocenters. The van der Waals surface area contributed by atoms with E-state index in [4.69, 9.17) is 5.73 Å². The summed E-state index contributed by atoms with van der Waals surface area (Å²) in [5, 5.41) is 25.4. The van der Waals surface area contributed by atoms with Gasteiger partial charge in [0.15, 0.2) is 11.6 Å². The number of fused-ring (bicyclic) bond motifs is 1. The zero-order chi connectivity index (χ0) is 35.7. The van der Waals surface area contributed by atoms with Crippen LogP contribution in [0, 0.1) is 16.0 Å². The highest BCUT2D eigenvalue weighted by Gasteiger charge is 2.55. The third kappa shape index (κ3) is 6.23. The number of carbonyl (C=O) groups is 4. The number of non-ortho nitro benzene ring substituents is 1. The van der Waals surface area contributed by atoms with Gasteiger partial charge in [0, 0.05) is 41.4 Å². The van der Waals surface area contributed by atoms with Gasteiger partial charge in [0.1, 0.15) is 6.04 Å². The fourth-order valence-electron chi connectivity index (χ4n) is 6.87. The van der Waals surface area contributed by atoms with Gasteiger partial charge in [-0.1, -0.05) is 72.8 Å². The van der Waals surface area contributed by atoms with Crippen LogP contribution in [0.5, 0.6) is 0 Å². The molecule has 0 aromatic heterocycles. The Bertz CT molecular complexity index is 2000. The molecule has 12 heteroatoms. The van der Waals surface area contributed by atoms with E-state index in [1.807, 2.05) is 6.07 Å². The van der Waals surface area contributed by atoms with E-state index < -0.39 is 46.8 Å². The van der Waals surface area contributed by atoms with Gasteiger partial charge < -0.3 is 16.3 Å². The first-order valence-corrected chi connectivity index (χ1v) is 16.0. The third-order valence-corrected chi connectivity index (χ3v) is 9.24. The van der Waals surface area contributed by atoms with E-state index in [1.165, 1.54) is 43.1 Å². The van der Waals surface area contributed by atoms with Gasteiger partial charge in [0.25, 0.3) is 11.6 Å². The molecule has 2 aliphatic rings. The molecule has 0 saturated carbocycles. The number of ketones is 2. The van der Waals surface area contributed by atoms with Gasteiger partial charge in [-0.25, -0.2) is 9.91 Å². The van der Waals surface area contributed by atoms with Gasteiger partial charge >= 0.3 is 0 Å². The zero-order valence-electron chi connectivity index (χ0n) is 27.3. The lowest BCUT2D eigenvalue weighted by Crippen LogP contribution is -2.58. The minimum Gasteiger partial charge on any atom is -0.390 e. The van der Waals surface area contributed by atoms with Crippen LogP contribution in [0.3, 0.4) is 0 Å². The Morgan fingerprint density at radius 2 is 1.56 bits per heavy atom. The van der Waals surface area contributed by atoms with Crippen LogP contribution in [0.4, 0.5) is 17.1 Å². The van der Waals surface area contributed by atoms with Crippen molar-refractivity contribution in [1.82, 2.24) is 5.01 Å². The van der Waals surface area contributed by atoms with Gasteiger partial charge in [-0.15, -0.1) is 0 Å². The molecule has 2 amide bonds. The number of hydrazine groups is 1. The fraction of sp³-hybridized carbons (Fsp3) is 0.211. The average molecular weight is 674 g/mol. The zero-order valence-corrected chi connectivity index (χ0v) is 27.3. The Hall–Kier alpha value is -5.82. The van der Waals surface area contributed by atoms with Crippen molar-refractivity contribution >= 4 is 40.4 Å². The maximum atomic E-state index is 14.3. The lowest BCUT2D eigenvalue weighted by molar-refractivity contribution is -0.384. The lowest BCUT2D eigenvalue weighted by atomic mass is 9.78. The number of nitro groups is 1. The van der Waals surface area contributed by atoms with E-state index in [-0.39, 0.29) is 34.9 Å². The fourth-order valence-corrected chi connectivity index (χ4v) is 6.87. The Morgan fingerprint density at radius 1 is 0.880 bits per heavy atom. The summed E-state index contributed by atoms with van der Waals surface area (Å²) < 4.78 is 0. The number of nitrogens with one attached hydrogen (secondary N) is 1. The first kappa shape index (κ1) is 34.1. The van der Waals surface area contributed by atoms with Crippen molar-refractivity contribution in [3.63, 3.8) is 0 Å². The number of carbonyl (C=O) groups excluding carboxylic acids is 4. The number of nitrogens with two attached hydrogens (primary N) is 1. The molecule has 0 bridgehead atoms. The normalized spacial score (nSPS) is 19.9. The smallest absolute Gasteiger partial charge is 0.269 e. The number of benzene rings is 4. The maximum Gasteiger partial charge on any atom is 0.269 e. The molecule has 1 fully saturated rings. The molecule has 3 unspecified atom stereocenters. The average Bonchev–Trinajstić information content (AvgIpc) is 3.37. The van der Waals surface area contributed by atoms with Crippen LogP contribution in [-0.2, 0) is 16.1 Å². The SMILES string of the molecule is CC(=O)c1cccc(C(c2ccccc2)[C@H](O)C2C=CC3C(=O)N(c4ccc(CN)cc4)C(=O)[C@H]3N2Nc2ccc([N+](=O)[O-])cc2)c1C(C)=O. The summed E-state index contributed by atoms with van der Waals surface area (Å²) in [4.78, 5) is 65.9. The lowest BCUT2D eigenvalue weighted by Gasteiger charge is -2.43. The Morgan fingerprint density at radius 3 is 2.16 bits per heavy atom. The standard InChI is InChI=1S/C38H35N5O7/c1-22(44)29-9-6-10-30(33(29)23(2)45)34(25-7-4-3-5-8-25)36(46)32-20-19-31-35(42(32)40-26-13-17-28(18-14-26)43(49)50)38(48)41(37(31)47)27-15-11-24(21-39)12-16-27/h3-20,31-32,34-36,40,46H,21,39H2,1-2H3/t31?,32?,34?,35-,36+/m0/s1. The van der Waals surface area contributed by atoms with Crippen LogP contribution in [0.25, 0.3) is 0 Å². The van der Waals surface area contributed by atoms with Crippen molar-refractivity contribution in [2.75, 3.05) is 10.3 Å². The Labute approximate surface area is 287 Å². The van der Waals surface area contributed by atoms with E-state index in [1.54, 1.807) is 78.9 Å². The second kappa shape index (κ2) is 14.0. The summed E-state index contributed by atoms with van der Waals surface area (Å²) in [6.07, 6.45) is 1.90. The largest absolute Gasteiger partial charge is 0.390 e. The highest BCUT2D eigenvalue weighted by Crippen LogP contribution is 2.40. The molecule has 6 rings (SSSR count). The van der Waals surface area contributed by atoms with Crippen LogP contribution in [0.2, 0.25) is 0 Å². The second-order valence-corrected chi connectivity index (χ2v) is 12.3. The van der Waals surface area contributed by atoms with E-state index in [0.717, 1.165) is 10.5 Å². The predicted octanol–water partition coefficient (Wildman–Crippen LogP) is 4.78. The number of aliphatic hydroxyl groups excluding tert-OH is 1. The summed E-state index contributed by atoms with van der Waals surface area (Å²) in [5.74, 6) is -3.49. The predicted molar refractivity (Wildman–Crippen MR) is 186 cm³/mol. The summed E-state index contributed by atoms with van der Waals surface area (Å²) >= 11 is 0. The van der Waals surface area contributed by atoms with Gasteiger partial charge in [-0.2, -0.15) is 0 Å². The molecular weight excluding hydrogens is 638 g/mol. The molecule has 12 nitrogen and oxygen atoms in total. The van der Waals surface area contributed by atoms with Crippen molar-refractivity contribution in [3.8, 4) is 0 Å². The highest BCUT2D eigenvalue weighted by molar-refractivity contribution is 6.24. The number of aliphatic hydroxyl groups is 1. The molecule has 0 radical (unpaired) electrons. The van der Waals surface area contributed by atoms with Crippen molar-refractivity contribution < 1.29 is 29.2 Å². The van der Waals surface area contributed by atoms with Crippen LogP contribution in [-0.4, -0.2) is 56.6 Å². The first-order valence-electron chi connectivity index (χ1n) is 16.0. The number of nitro benzene ring substituents is 1. The van der Waals surface area contributed by atoms with Crippen LogP contribution < -0.4 is 16.1 Å². The summed E-state index contributed by atoms with van der Waals surface area (Å²) in [6, 6.07) is 24.1. The van der Waals surface area contributed by atoms with E-state index in [0.29, 0.717) is 22.5 Å². The van der Waals surface area contributed by atoms with Gasteiger partial charge in [0.2, 0.25) is 5.91 Å². The second-order valence-electron chi connectivity index (χ2n) is 12.3. The van der Waals surface area contributed by atoms with Crippen molar-refractivity contribution in [3.05, 3.63) is 147 Å². The highest BCUT2D eigenvalue weighted by atomic mass is 16.6. The Balaban J connectivity index is 1.48. The number of nitrogens with zero attached hydrogens (tertiary/aromatic N) is 3. The van der Waals surface area contributed by atoms with Crippen molar-refractivity contribution in [2.45, 2.75) is 44.5 Å². The minimum absolute atomic E-state index is 0.144. The van der Waals surface area contributed by atoms with E-state index in [2.05, 4.69) is 5.43 Å². The molecule has 254 valence electrons. The molecular formula is C38H35N5O7. The molecule has 2 aliphatic heterocycles. The van der Waals surface area contributed by atoms with Crippen molar-refractivity contribution in [2.24, 2.45) is 11.7 Å². The minimum atomic E-state index is -1.36. The van der Waals surface area contributed by atoms with Crippen LogP contribution in [0.15, 0.2) is 109 Å². The van der Waals surface area contributed by atoms with Gasteiger partial charge in [0.05, 0.1) is 28.7 Å².